The quantitative estimate of drug-likeness (QED) is 0.361. The lowest BCUT2D eigenvalue weighted by Gasteiger charge is -2.31. The van der Waals surface area contributed by atoms with E-state index in [2.05, 4.69) is 17.2 Å². The summed E-state index contributed by atoms with van der Waals surface area (Å²) in [6.07, 6.45) is 4.24. The molecule has 2 aromatic rings. The molecular weight excluding hydrogens is 378 g/mol. The van der Waals surface area contributed by atoms with Crippen LogP contribution in [0.3, 0.4) is 0 Å². The molecule has 0 saturated carbocycles. The average Bonchev–Trinajstić information content (AvgIpc) is 2.68. The second kappa shape index (κ2) is 8.45. The monoisotopic (exact) mass is 397 g/mol. The minimum Gasteiger partial charge on any atom is -0.301 e. The lowest BCUT2D eigenvalue weighted by atomic mass is 10.1. The highest BCUT2D eigenvalue weighted by Crippen LogP contribution is 2.28. The fraction of sp³-hybridized carbons (Fsp3) is 0.200. The van der Waals surface area contributed by atoms with E-state index in [0.717, 1.165) is 22.6 Å². The number of nitrogens with one attached hydrogen (secondary N) is 1. The lowest BCUT2D eigenvalue weighted by Crippen LogP contribution is -2.58. The van der Waals surface area contributed by atoms with Gasteiger partial charge in [0.1, 0.15) is 0 Å². The van der Waals surface area contributed by atoms with E-state index in [0.29, 0.717) is 5.69 Å². The molecule has 2 aromatic carbocycles. The van der Waals surface area contributed by atoms with E-state index < -0.39 is 17.7 Å². The van der Waals surface area contributed by atoms with Crippen LogP contribution in [-0.4, -0.2) is 29.4 Å². The second-order valence-electron chi connectivity index (χ2n) is 5.92. The van der Waals surface area contributed by atoms with Crippen LogP contribution < -0.4 is 10.2 Å². The highest BCUT2D eigenvalue weighted by molar-refractivity contribution is 7.98. The predicted molar refractivity (Wildman–Crippen MR) is 114 cm³/mol. The van der Waals surface area contributed by atoms with Crippen molar-refractivity contribution < 1.29 is 9.59 Å². The predicted octanol–water partition coefficient (Wildman–Crippen LogP) is 3.74. The number of carbonyl (C=O) groups excluding carboxylic acids is 2. The Morgan fingerprint density at radius 2 is 1.89 bits per heavy atom. The van der Waals surface area contributed by atoms with Gasteiger partial charge >= 0.3 is 0 Å². The molecule has 138 valence electrons. The Morgan fingerprint density at radius 3 is 2.56 bits per heavy atom. The SMILES string of the molecule is CCc1ccc(N2C(=O)C(C=Nc3ccccc3SC)C(=O)NC2=S)cc1. The molecule has 0 radical (unpaired) electrons. The average molecular weight is 398 g/mol. The van der Waals surface area contributed by atoms with Crippen LogP contribution >= 0.6 is 24.0 Å². The Morgan fingerprint density at radius 1 is 1.19 bits per heavy atom. The van der Waals surface area contributed by atoms with E-state index in [-0.39, 0.29) is 5.11 Å². The van der Waals surface area contributed by atoms with Crippen molar-refractivity contribution in [1.82, 2.24) is 5.32 Å². The van der Waals surface area contributed by atoms with Crippen LogP contribution in [0.25, 0.3) is 0 Å². The summed E-state index contributed by atoms with van der Waals surface area (Å²) in [6, 6.07) is 15.1. The van der Waals surface area contributed by atoms with Gasteiger partial charge in [0.15, 0.2) is 11.0 Å². The summed E-state index contributed by atoms with van der Waals surface area (Å²) < 4.78 is 0. The number of benzene rings is 2. The van der Waals surface area contributed by atoms with Crippen LogP contribution in [0.5, 0.6) is 0 Å². The van der Waals surface area contributed by atoms with Crippen LogP contribution in [0.4, 0.5) is 11.4 Å². The van der Waals surface area contributed by atoms with Crippen molar-refractivity contribution in [3.8, 4) is 0 Å². The zero-order chi connectivity index (χ0) is 19.4. The maximum Gasteiger partial charge on any atom is 0.251 e. The standard InChI is InChI=1S/C20H19N3O2S2/c1-3-13-8-10-14(11-9-13)23-19(25)15(18(24)22-20(23)26)12-21-16-6-4-5-7-17(16)27-2/h4-12,15H,3H2,1-2H3,(H,22,24,26). The zero-order valence-corrected chi connectivity index (χ0v) is 16.6. The van der Waals surface area contributed by atoms with Gasteiger partial charge < -0.3 is 5.32 Å². The third-order valence-electron chi connectivity index (χ3n) is 4.25. The number of thiocarbonyl (C=S) groups is 1. The number of rotatable bonds is 5. The summed E-state index contributed by atoms with van der Waals surface area (Å²) in [7, 11) is 0. The van der Waals surface area contributed by atoms with E-state index >= 15 is 0 Å². The van der Waals surface area contributed by atoms with Gasteiger partial charge in [-0.25, -0.2) is 0 Å². The van der Waals surface area contributed by atoms with Gasteiger partial charge in [-0.05, 0) is 54.7 Å². The molecular formula is C20H19N3O2S2. The zero-order valence-electron chi connectivity index (χ0n) is 15.0. The normalized spacial score (nSPS) is 17.5. The number of thioether (sulfide) groups is 1. The number of hydrogen-bond donors (Lipinski definition) is 1. The third-order valence-corrected chi connectivity index (χ3v) is 5.32. The van der Waals surface area contributed by atoms with E-state index in [1.807, 2.05) is 54.8 Å². The first-order valence-electron chi connectivity index (χ1n) is 8.50. The second-order valence-corrected chi connectivity index (χ2v) is 7.15. The number of para-hydroxylation sites is 1. The van der Waals surface area contributed by atoms with E-state index in [9.17, 15) is 9.59 Å². The molecule has 1 unspecified atom stereocenters. The van der Waals surface area contributed by atoms with Crippen LogP contribution in [0.15, 0.2) is 58.4 Å². The van der Waals surface area contributed by atoms with Crippen LogP contribution in [-0.2, 0) is 16.0 Å². The number of nitrogens with zero attached hydrogens (tertiary/aromatic N) is 2. The fourth-order valence-electron chi connectivity index (χ4n) is 2.74. The smallest absolute Gasteiger partial charge is 0.251 e. The van der Waals surface area contributed by atoms with Crippen LogP contribution in [0.1, 0.15) is 12.5 Å². The van der Waals surface area contributed by atoms with Gasteiger partial charge in [0.05, 0.1) is 11.4 Å². The topological polar surface area (TPSA) is 61.8 Å². The summed E-state index contributed by atoms with van der Waals surface area (Å²) in [4.78, 5) is 32.0. The number of aryl methyl sites for hydroxylation is 1. The van der Waals surface area contributed by atoms with Gasteiger partial charge in [-0.2, -0.15) is 0 Å². The summed E-state index contributed by atoms with van der Waals surface area (Å²) in [5.74, 6) is -1.90. The Kier molecular flexibility index (Phi) is 6.03. The van der Waals surface area contributed by atoms with E-state index in [1.54, 1.807) is 11.8 Å². The molecule has 1 N–H and O–H groups in total. The molecule has 1 atom stereocenters. The van der Waals surface area contributed by atoms with Crippen molar-refractivity contribution in [2.75, 3.05) is 11.2 Å². The molecule has 1 fully saturated rings. The molecule has 2 amide bonds. The van der Waals surface area contributed by atoms with Crippen molar-refractivity contribution in [3.05, 3.63) is 54.1 Å². The summed E-state index contributed by atoms with van der Waals surface area (Å²) in [5.41, 5.74) is 2.51. The first-order valence-corrected chi connectivity index (χ1v) is 10.1. The maximum absolute atomic E-state index is 13.0. The molecule has 0 aliphatic carbocycles. The van der Waals surface area contributed by atoms with Crippen molar-refractivity contribution in [2.45, 2.75) is 18.2 Å². The van der Waals surface area contributed by atoms with Gasteiger partial charge in [0.25, 0.3) is 5.91 Å². The molecule has 5 nitrogen and oxygen atoms in total. The summed E-state index contributed by atoms with van der Waals surface area (Å²) >= 11 is 6.77. The number of hydrogen-bond acceptors (Lipinski definition) is 5. The van der Waals surface area contributed by atoms with Crippen molar-refractivity contribution in [1.29, 1.82) is 0 Å². The number of aliphatic imine (C=N–C) groups is 1. The largest absolute Gasteiger partial charge is 0.301 e. The minimum absolute atomic E-state index is 0.0865. The van der Waals surface area contributed by atoms with Crippen LogP contribution in [0.2, 0.25) is 0 Å². The molecule has 3 rings (SSSR count). The molecule has 1 saturated heterocycles. The molecule has 27 heavy (non-hydrogen) atoms. The summed E-state index contributed by atoms with van der Waals surface area (Å²) in [5, 5.41) is 2.69. The van der Waals surface area contributed by atoms with Gasteiger partial charge in [-0.1, -0.05) is 31.2 Å². The summed E-state index contributed by atoms with van der Waals surface area (Å²) in [6.45, 7) is 2.06. The Labute approximate surface area is 167 Å². The number of amides is 2. The van der Waals surface area contributed by atoms with Crippen molar-refractivity contribution in [2.24, 2.45) is 10.9 Å². The fourth-order valence-corrected chi connectivity index (χ4v) is 3.58. The van der Waals surface area contributed by atoms with Gasteiger partial charge in [0.2, 0.25) is 5.91 Å². The minimum atomic E-state index is -1.03. The van der Waals surface area contributed by atoms with Crippen molar-refractivity contribution >= 4 is 58.5 Å². The van der Waals surface area contributed by atoms with Crippen LogP contribution in [0, 0.1) is 5.92 Å². The maximum atomic E-state index is 13.0. The van der Waals surface area contributed by atoms with Gasteiger partial charge in [0, 0.05) is 11.1 Å². The number of anilines is 1. The first-order chi connectivity index (χ1) is 13.0. The Hall–Kier alpha value is -2.51. The Bertz CT molecular complexity index is 910. The van der Waals surface area contributed by atoms with E-state index in [4.69, 9.17) is 12.2 Å². The molecule has 7 heteroatoms. The first kappa shape index (κ1) is 19.3. The molecule has 1 aliphatic heterocycles. The molecule has 0 spiro atoms. The van der Waals surface area contributed by atoms with Gasteiger partial charge in [-0.15, -0.1) is 11.8 Å². The van der Waals surface area contributed by atoms with Gasteiger partial charge in [-0.3, -0.25) is 19.5 Å². The highest BCUT2D eigenvalue weighted by atomic mass is 32.2. The third kappa shape index (κ3) is 4.09. The van der Waals surface area contributed by atoms with E-state index in [1.165, 1.54) is 11.1 Å². The molecule has 0 bridgehead atoms. The van der Waals surface area contributed by atoms with Crippen molar-refractivity contribution in [3.63, 3.8) is 0 Å². The Balaban J connectivity index is 1.89. The molecule has 0 aromatic heterocycles. The lowest BCUT2D eigenvalue weighted by molar-refractivity contribution is -0.130. The molecule has 1 heterocycles. The highest BCUT2D eigenvalue weighted by Gasteiger charge is 2.38. The molecule has 1 aliphatic rings. The number of carbonyl (C=O) groups is 2.